The Hall–Kier alpha value is -1.46. The summed E-state index contributed by atoms with van der Waals surface area (Å²) in [6.07, 6.45) is 5.30. The van der Waals surface area contributed by atoms with Crippen molar-refractivity contribution in [3.63, 3.8) is 0 Å². The number of sulfonamides is 1. The van der Waals surface area contributed by atoms with Gasteiger partial charge in [-0.05, 0) is 19.1 Å². The fourth-order valence-electron chi connectivity index (χ4n) is 1.69. The first-order chi connectivity index (χ1) is 8.58. The molecule has 2 rings (SSSR count). The van der Waals surface area contributed by atoms with Gasteiger partial charge in [0.05, 0.1) is 4.90 Å². The highest BCUT2D eigenvalue weighted by Crippen LogP contribution is 2.12. The molecule has 1 aromatic rings. The molecule has 1 N–H and O–H groups in total. The number of rotatable bonds is 5. The van der Waals surface area contributed by atoms with Crippen LogP contribution < -0.4 is 4.72 Å². The van der Waals surface area contributed by atoms with Gasteiger partial charge in [-0.3, -0.25) is 4.99 Å². The van der Waals surface area contributed by atoms with Crippen molar-refractivity contribution in [1.82, 2.24) is 4.72 Å². The first-order valence-corrected chi connectivity index (χ1v) is 7.34. The lowest BCUT2D eigenvalue weighted by molar-refractivity contribution is 0.581. The number of benzene rings is 1. The Morgan fingerprint density at radius 1 is 1.28 bits per heavy atom. The monoisotopic (exact) mass is 264 g/mol. The molecule has 1 aliphatic heterocycles. The van der Waals surface area contributed by atoms with Gasteiger partial charge in [-0.2, -0.15) is 0 Å². The number of hydrogen-bond acceptors (Lipinski definition) is 3. The zero-order valence-corrected chi connectivity index (χ0v) is 11.1. The Kier molecular flexibility index (Phi) is 3.93. The van der Waals surface area contributed by atoms with E-state index in [4.69, 9.17) is 0 Å². The Labute approximate surface area is 107 Å². The molecule has 96 valence electrons. The van der Waals surface area contributed by atoms with Crippen molar-refractivity contribution in [3.8, 4) is 0 Å². The topological polar surface area (TPSA) is 58.5 Å². The summed E-state index contributed by atoms with van der Waals surface area (Å²) in [5.74, 6) is 0. The minimum absolute atomic E-state index is 0.303. The van der Waals surface area contributed by atoms with E-state index in [0.29, 0.717) is 17.9 Å². The van der Waals surface area contributed by atoms with Crippen LogP contribution in [0.25, 0.3) is 0 Å². The van der Waals surface area contributed by atoms with E-state index >= 15 is 0 Å². The van der Waals surface area contributed by atoms with Crippen molar-refractivity contribution in [2.45, 2.75) is 24.7 Å². The van der Waals surface area contributed by atoms with E-state index in [2.05, 4.69) is 9.71 Å². The zero-order chi connectivity index (χ0) is 13.0. The SMILES string of the molecule is Cc1ccc(S(=O)(=O)NCCC2=CCC=N2)cc1. The van der Waals surface area contributed by atoms with Crippen LogP contribution in [0.5, 0.6) is 0 Å². The predicted octanol–water partition coefficient (Wildman–Crippen LogP) is 2.02. The Morgan fingerprint density at radius 2 is 2.00 bits per heavy atom. The normalized spacial score (nSPS) is 14.8. The van der Waals surface area contributed by atoms with E-state index in [0.717, 1.165) is 17.7 Å². The van der Waals surface area contributed by atoms with Gasteiger partial charge in [0, 0.05) is 31.3 Å². The molecule has 0 unspecified atom stereocenters. The number of allylic oxidation sites excluding steroid dienone is 1. The lowest BCUT2D eigenvalue weighted by Crippen LogP contribution is -2.24. The van der Waals surface area contributed by atoms with Gasteiger partial charge in [0.1, 0.15) is 0 Å². The van der Waals surface area contributed by atoms with Crippen LogP contribution in [0, 0.1) is 6.92 Å². The van der Waals surface area contributed by atoms with Gasteiger partial charge in [0.2, 0.25) is 10.0 Å². The van der Waals surface area contributed by atoms with Crippen molar-refractivity contribution >= 4 is 16.2 Å². The fourth-order valence-corrected chi connectivity index (χ4v) is 2.72. The van der Waals surface area contributed by atoms with Gasteiger partial charge in [-0.15, -0.1) is 0 Å². The minimum Gasteiger partial charge on any atom is -0.266 e. The highest BCUT2D eigenvalue weighted by molar-refractivity contribution is 7.89. The van der Waals surface area contributed by atoms with Gasteiger partial charge < -0.3 is 0 Å². The van der Waals surface area contributed by atoms with Crippen molar-refractivity contribution in [1.29, 1.82) is 0 Å². The maximum absolute atomic E-state index is 11.9. The molecule has 0 atom stereocenters. The van der Waals surface area contributed by atoms with Crippen molar-refractivity contribution in [3.05, 3.63) is 41.6 Å². The molecular weight excluding hydrogens is 248 g/mol. The van der Waals surface area contributed by atoms with Gasteiger partial charge in [0.15, 0.2) is 0 Å². The molecule has 1 aromatic carbocycles. The van der Waals surface area contributed by atoms with Gasteiger partial charge in [-0.25, -0.2) is 13.1 Å². The summed E-state index contributed by atoms with van der Waals surface area (Å²) in [6, 6.07) is 6.81. The molecule has 0 fully saturated rings. The lowest BCUT2D eigenvalue weighted by Gasteiger charge is -2.06. The molecule has 0 saturated heterocycles. The number of aryl methyl sites for hydroxylation is 1. The summed E-state index contributed by atoms with van der Waals surface area (Å²) in [4.78, 5) is 4.44. The van der Waals surface area contributed by atoms with E-state index in [1.165, 1.54) is 0 Å². The molecule has 0 saturated carbocycles. The van der Waals surface area contributed by atoms with Crippen LogP contribution in [0.2, 0.25) is 0 Å². The Bertz CT molecular complexity index is 572. The third kappa shape index (κ3) is 3.27. The summed E-state index contributed by atoms with van der Waals surface area (Å²) < 4.78 is 26.5. The Morgan fingerprint density at radius 3 is 2.61 bits per heavy atom. The van der Waals surface area contributed by atoms with Gasteiger partial charge in [-0.1, -0.05) is 23.8 Å². The number of hydrogen-bond donors (Lipinski definition) is 1. The second kappa shape index (κ2) is 5.46. The van der Waals surface area contributed by atoms with Crippen LogP contribution in [0.1, 0.15) is 18.4 Å². The standard InChI is InChI=1S/C13H16N2O2S/c1-11-4-6-13(7-5-11)18(16,17)15-10-8-12-3-2-9-14-12/h3-7,9,15H,2,8,10H2,1H3. The molecule has 0 bridgehead atoms. The first kappa shape index (κ1) is 13.0. The molecular formula is C13H16N2O2S. The maximum atomic E-state index is 11.9. The van der Waals surface area contributed by atoms with Crippen LogP contribution in [-0.4, -0.2) is 21.2 Å². The summed E-state index contributed by atoms with van der Waals surface area (Å²) in [5, 5.41) is 0. The van der Waals surface area contributed by atoms with Crippen LogP contribution in [0.4, 0.5) is 0 Å². The second-order valence-corrected chi connectivity index (χ2v) is 5.97. The quantitative estimate of drug-likeness (QED) is 0.884. The second-order valence-electron chi connectivity index (χ2n) is 4.20. The van der Waals surface area contributed by atoms with E-state index < -0.39 is 10.0 Å². The highest BCUT2D eigenvalue weighted by atomic mass is 32.2. The van der Waals surface area contributed by atoms with Crippen LogP contribution >= 0.6 is 0 Å². The molecule has 1 heterocycles. The van der Waals surface area contributed by atoms with Gasteiger partial charge >= 0.3 is 0 Å². The third-order valence-corrected chi connectivity index (χ3v) is 4.20. The molecule has 0 aromatic heterocycles. The van der Waals surface area contributed by atoms with E-state index in [1.807, 2.05) is 19.2 Å². The third-order valence-electron chi connectivity index (χ3n) is 2.72. The summed E-state index contributed by atoms with van der Waals surface area (Å²) in [6.45, 7) is 2.30. The molecule has 0 amide bonds. The van der Waals surface area contributed by atoms with Crippen LogP contribution in [-0.2, 0) is 10.0 Å². The molecule has 18 heavy (non-hydrogen) atoms. The zero-order valence-electron chi connectivity index (χ0n) is 10.3. The highest BCUT2D eigenvalue weighted by Gasteiger charge is 2.13. The molecule has 1 aliphatic rings. The van der Waals surface area contributed by atoms with Crippen molar-refractivity contribution in [2.24, 2.45) is 4.99 Å². The summed E-state index contributed by atoms with van der Waals surface area (Å²) >= 11 is 0. The average molecular weight is 264 g/mol. The Balaban J connectivity index is 1.95. The van der Waals surface area contributed by atoms with E-state index in [9.17, 15) is 8.42 Å². The average Bonchev–Trinajstić information content (AvgIpc) is 2.82. The van der Waals surface area contributed by atoms with Crippen molar-refractivity contribution in [2.75, 3.05) is 6.54 Å². The fraction of sp³-hybridized carbons (Fsp3) is 0.308. The smallest absolute Gasteiger partial charge is 0.240 e. The minimum atomic E-state index is -3.40. The van der Waals surface area contributed by atoms with Crippen molar-refractivity contribution < 1.29 is 8.42 Å². The molecule has 5 heteroatoms. The number of nitrogens with zero attached hydrogens (tertiary/aromatic N) is 1. The number of nitrogens with one attached hydrogen (secondary N) is 1. The van der Waals surface area contributed by atoms with E-state index in [-0.39, 0.29) is 0 Å². The largest absolute Gasteiger partial charge is 0.266 e. The summed E-state index contributed by atoms with van der Waals surface area (Å²) in [7, 11) is -3.40. The first-order valence-electron chi connectivity index (χ1n) is 5.86. The predicted molar refractivity (Wildman–Crippen MR) is 72.2 cm³/mol. The lowest BCUT2D eigenvalue weighted by atomic mass is 10.2. The van der Waals surface area contributed by atoms with Crippen LogP contribution in [0.3, 0.4) is 0 Å². The maximum Gasteiger partial charge on any atom is 0.240 e. The van der Waals surface area contributed by atoms with Crippen LogP contribution in [0.15, 0.2) is 45.9 Å². The summed E-state index contributed by atoms with van der Waals surface area (Å²) in [5.41, 5.74) is 1.99. The molecule has 4 nitrogen and oxygen atoms in total. The molecule has 0 spiro atoms. The van der Waals surface area contributed by atoms with Gasteiger partial charge in [0.25, 0.3) is 0 Å². The number of aliphatic imine (C=N–C) groups is 1. The van der Waals surface area contributed by atoms with E-state index in [1.54, 1.807) is 24.3 Å². The molecule has 0 radical (unpaired) electrons. The molecule has 0 aliphatic carbocycles.